The van der Waals surface area contributed by atoms with Crippen molar-refractivity contribution in [3.63, 3.8) is 0 Å². The Hall–Kier alpha value is -3.66. The van der Waals surface area contributed by atoms with Gasteiger partial charge in [-0.3, -0.25) is 9.59 Å². The molecule has 1 aliphatic rings. The maximum absolute atomic E-state index is 13.7. The summed E-state index contributed by atoms with van der Waals surface area (Å²) in [6.07, 6.45) is 1.42. The van der Waals surface area contributed by atoms with Gasteiger partial charge in [0.25, 0.3) is 5.91 Å². The molecule has 2 heterocycles. The zero-order chi connectivity index (χ0) is 25.5. The second-order valence-electron chi connectivity index (χ2n) is 8.88. The van der Waals surface area contributed by atoms with Gasteiger partial charge in [0.05, 0.1) is 25.3 Å². The predicted octanol–water partition coefficient (Wildman–Crippen LogP) is 2.94. The number of benzene rings is 2. The number of hydrogen-bond acceptors (Lipinski definition) is 7. The molecule has 2 aromatic carbocycles. The number of rotatable bonds is 6. The molecule has 0 radical (unpaired) electrons. The molecular weight excluding hydrogens is 470 g/mol. The maximum atomic E-state index is 13.7. The van der Waals surface area contributed by atoms with Gasteiger partial charge in [-0.2, -0.15) is 5.10 Å². The minimum Gasteiger partial charge on any atom is -0.497 e. The van der Waals surface area contributed by atoms with Gasteiger partial charge >= 0.3 is 5.97 Å². The zero-order valence-corrected chi connectivity index (χ0v) is 21.0. The molecule has 1 aromatic heterocycles. The number of anilines is 1. The first-order chi connectivity index (χ1) is 16.5. The maximum Gasteiger partial charge on any atom is 0.315 e. The molecule has 0 atom stereocenters. The molecule has 10 heteroatoms. The van der Waals surface area contributed by atoms with E-state index >= 15 is 0 Å². The molecule has 184 valence electrons. The van der Waals surface area contributed by atoms with Crippen LogP contribution in [0.3, 0.4) is 0 Å². The van der Waals surface area contributed by atoms with Crippen molar-refractivity contribution >= 4 is 27.4 Å². The van der Waals surface area contributed by atoms with E-state index in [1.54, 1.807) is 74.4 Å². The number of carbonyl (C=O) groups excluding carboxylic acids is 2. The van der Waals surface area contributed by atoms with Gasteiger partial charge in [-0.05, 0) is 62.2 Å². The lowest BCUT2D eigenvalue weighted by Crippen LogP contribution is -2.39. The second kappa shape index (κ2) is 8.84. The van der Waals surface area contributed by atoms with Crippen LogP contribution in [0.2, 0.25) is 0 Å². The van der Waals surface area contributed by atoms with E-state index in [-0.39, 0.29) is 22.6 Å². The van der Waals surface area contributed by atoms with E-state index in [9.17, 15) is 18.0 Å². The van der Waals surface area contributed by atoms with Crippen LogP contribution in [0.1, 0.15) is 35.5 Å². The van der Waals surface area contributed by atoms with Crippen LogP contribution < -0.4 is 9.64 Å². The van der Waals surface area contributed by atoms with Gasteiger partial charge < -0.3 is 14.4 Å². The van der Waals surface area contributed by atoms with Crippen molar-refractivity contribution in [1.29, 1.82) is 0 Å². The quantitative estimate of drug-likeness (QED) is 0.482. The van der Waals surface area contributed by atoms with Crippen molar-refractivity contribution in [3.8, 4) is 11.4 Å². The van der Waals surface area contributed by atoms with Crippen LogP contribution in [0.4, 0.5) is 5.69 Å². The summed E-state index contributed by atoms with van der Waals surface area (Å²) in [5, 5.41) is 4.24. The number of esters is 1. The Balaban J connectivity index is 1.76. The molecule has 0 saturated heterocycles. The summed E-state index contributed by atoms with van der Waals surface area (Å²) in [6, 6.07) is 14.0. The summed E-state index contributed by atoms with van der Waals surface area (Å²) in [5.74, 6) is -0.0916. The SMILES string of the molecule is COC(=O)C(C)(C)c1ccc(N2CCc3c(S(C)(=O)=O)nn(-c4ccc(OC)cc4)c3C2=O)cc1. The van der Waals surface area contributed by atoms with Crippen molar-refractivity contribution in [2.24, 2.45) is 0 Å². The van der Waals surface area contributed by atoms with Crippen molar-refractivity contribution in [2.75, 3.05) is 31.9 Å². The van der Waals surface area contributed by atoms with Crippen LogP contribution in [0, 0.1) is 0 Å². The van der Waals surface area contributed by atoms with Gasteiger partial charge in [-0.25, -0.2) is 13.1 Å². The highest BCUT2D eigenvalue weighted by Gasteiger charge is 2.36. The van der Waals surface area contributed by atoms with Crippen LogP contribution in [-0.2, 0) is 31.2 Å². The number of carbonyl (C=O) groups is 2. The van der Waals surface area contributed by atoms with Gasteiger partial charge in [-0.1, -0.05) is 12.1 Å². The lowest BCUT2D eigenvalue weighted by Gasteiger charge is -2.29. The van der Waals surface area contributed by atoms with E-state index < -0.39 is 15.3 Å². The fourth-order valence-corrected chi connectivity index (χ4v) is 5.09. The average Bonchev–Trinajstić information content (AvgIpc) is 3.25. The van der Waals surface area contributed by atoms with Crippen molar-refractivity contribution < 1.29 is 27.5 Å². The number of nitrogens with zero attached hydrogens (tertiary/aromatic N) is 3. The minimum atomic E-state index is -3.65. The third-order valence-corrected chi connectivity index (χ3v) is 7.27. The highest BCUT2D eigenvalue weighted by molar-refractivity contribution is 7.90. The molecule has 0 spiro atoms. The lowest BCUT2D eigenvalue weighted by molar-refractivity contribution is -0.146. The average molecular weight is 498 g/mol. The van der Waals surface area contributed by atoms with E-state index in [4.69, 9.17) is 9.47 Å². The van der Waals surface area contributed by atoms with Gasteiger partial charge in [0.2, 0.25) is 0 Å². The van der Waals surface area contributed by atoms with Crippen LogP contribution >= 0.6 is 0 Å². The van der Waals surface area contributed by atoms with E-state index in [1.807, 2.05) is 0 Å². The number of fused-ring (bicyclic) bond motifs is 1. The standard InChI is InChI=1S/C25H27N3O6S/c1-25(2,24(30)34-4)16-6-8-17(9-7-16)27-15-14-20-21(23(27)29)28(26-22(20)35(5,31)32)18-10-12-19(33-3)13-11-18/h6-13H,14-15H2,1-5H3. The third kappa shape index (κ3) is 4.29. The molecule has 3 aromatic rings. The number of amides is 1. The molecule has 35 heavy (non-hydrogen) atoms. The summed E-state index contributed by atoms with van der Waals surface area (Å²) in [5.41, 5.74) is 1.70. The Bertz CT molecular complexity index is 1390. The fourth-order valence-electron chi connectivity index (χ4n) is 4.21. The van der Waals surface area contributed by atoms with Gasteiger partial charge in [0, 0.05) is 24.1 Å². The molecule has 0 aliphatic carbocycles. The fraction of sp³-hybridized carbons (Fsp3) is 0.320. The molecule has 0 saturated carbocycles. The molecule has 0 N–H and O–H groups in total. The summed E-state index contributed by atoms with van der Waals surface area (Å²) in [4.78, 5) is 27.4. The first-order valence-corrected chi connectivity index (χ1v) is 12.9. The summed E-state index contributed by atoms with van der Waals surface area (Å²) in [6.45, 7) is 3.83. The predicted molar refractivity (Wildman–Crippen MR) is 130 cm³/mol. The number of aromatic nitrogens is 2. The van der Waals surface area contributed by atoms with Gasteiger partial charge in [0.1, 0.15) is 11.4 Å². The number of sulfone groups is 1. The van der Waals surface area contributed by atoms with Crippen LogP contribution in [-0.4, -0.2) is 57.1 Å². The Morgan fingerprint density at radius 2 is 1.60 bits per heavy atom. The molecule has 4 rings (SSSR count). The third-order valence-electron chi connectivity index (χ3n) is 6.24. The molecule has 1 aliphatic heterocycles. The monoisotopic (exact) mass is 497 g/mol. The molecule has 0 bridgehead atoms. The van der Waals surface area contributed by atoms with E-state index in [1.165, 1.54) is 11.8 Å². The van der Waals surface area contributed by atoms with Crippen molar-refractivity contribution in [3.05, 3.63) is 65.4 Å². The number of ether oxygens (including phenoxy) is 2. The zero-order valence-electron chi connectivity index (χ0n) is 20.2. The van der Waals surface area contributed by atoms with Crippen molar-refractivity contribution in [1.82, 2.24) is 9.78 Å². The topological polar surface area (TPSA) is 108 Å². The Morgan fingerprint density at radius 3 is 2.14 bits per heavy atom. The first-order valence-electron chi connectivity index (χ1n) is 11.0. The van der Waals surface area contributed by atoms with Crippen LogP contribution in [0.5, 0.6) is 5.75 Å². The first kappa shape index (κ1) is 24.5. The highest BCUT2D eigenvalue weighted by Crippen LogP contribution is 2.32. The minimum absolute atomic E-state index is 0.0912. The summed E-state index contributed by atoms with van der Waals surface area (Å²) < 4.78 is 36.4. The van der Waals surface area contributed by atoms with E-state index in [2.05, 4.69) is 5.10 Å². The summed E-state index contributed by atoms with van der Waals surface area (Å²) in [7, 11) is -0.760. The van der Waals surface area contributed by atoms with Crippen LogP contribution in [0.25, 0.3) is 5.69 Å². The molecular formula is C25H27N3O6S. The lowest BCUT2D eigenvalue weighted by atomic mass is 9.84. The van der Waals surface area contributed by atoms with E-state index in [0.29, 0.717) is 35.7 Å². The second-order valence-corrected chi connectivity index (χ2v) is 10.8. The Morgan fingerprint density at radius 1 is 1.00 bits per heavy atom. The Labute approximate surface area is 204 Å². The molecule has 0 unspecified atom stereocenters. The number of methoxy groups -OCH3 is 2. The normalized spacial score (nSPS) is 14.0. The van der Waals surface area contributed by atoms with Crippen molar-refractivity contribution in [2.45, 2.75) is 30.7 Å². The largest absolute Gasteiger partial charge is 0.497 e. The molecule has 9 nitrogen and oxygen atoms in total. The van der Waals surface area contributed by atoms with Gasteiger partial charge in [-0.15, -0.1) is 0 Å². The van der Waals surface area contributed by atoms with E-state index in [0.717, 1.165) is 11.8 Å². The van der Waals surface area contributed by atoms with Crippen LogP contribution in [0.15, 0.2) is 53.6 Å². The molecule has 0 fully saturated rings. The Kier molecular flexibility index (Phi) is 6.18. The number of hydrogen-bond donors (Lipinski definition) is 0. The smallest absolute Gasteiger partial charge is 0.315 e. The molecule has 1 amide bonds. The van der Waals surface area contributed by atoms with Gasteiger partial charge in [0.15, 0.2) is 14.9 Å². The summed E-state index contributed by atoms with van der Waals surface area (Å²) >= 11 is 0. The highest BCUT2D eigenvalue weighted by atomic mass is 32.2.